The Balaban J connectivity index is 1.72. The fourth-order valence-electron chi connectivity index (χ4n) is 3.44. The number of nitrogens with zero attached hydrogens (tertiary/aromatic N) is 1. The smallest absolute Gasteiger partial charge is 0.337 e. The van der Waals surface area contributed by atoms with E-state index in [0.717, 1.165) is 0 Å². The summed E-state index contributed by atoms with van der Waals surface area (Å²) < 4.78 is 16.3. The number of benzene rings is 2. The van der Waals surface area contributed by atoms with Gasteiger partial charge in [-0.3, -0.25) is 5.43 Å². The van der Waals surface area contributed by atoms with Gasteiger partial charge in [-0.25, -0.2) is 9.59 Å². The minimum absolute atomic E-state index is 0.163. The summed E-state index contributed by atoms with van der Waals surface area (Å²) >= 11 is 12.2. The molecule has 2 atom stereocenters. The van der Waals surface area contributed by atoms with Crippen molar-refractivity contribution in [3.05, 3.63) is 68.8 Å². The van der Waals surface area contributed by atoms with Crippen LogP contribution >= 0.6 is 23.2 Å². The average molecular weight is 537 g/mol. The topological polar surface area (TPSA) is 131 Å². The standard InChI is InChI=1S/C24H26Cl2N4O6/c1-4-35-19-10-14(22-21(23(32)34-3)13(2)28-24(33)29-22)8-9-18(19)36-12-20(31)30-27-11-15-16(25)6-5-7-17(15)26/h5-11,20,22,30-31H,4,12H2,1-3H3,(H2,28,29,33)/b27-11+/t20-,22-/m1/s1. The molecule has 1 aliphatic heterocycles. The lowest BCUT2D eigenvalue weighted by Gasteiger charge is -2.28. The van der Waals surface area contributed by atoms with Gasteiger partial charge in [-0.05, 0) is 43.7 Å². The second kappa shape index (κ2) is 12.5. The summed E-state index contributed by atoms with van der Waals surface area (Å²) in [7, 11) is 1.27. The number of carbonyl (C=O) groups excluding carboxylic acids is 2. The van der Waals surface area contributed by atoms with Crippen molar-refractivity contribution in [1.82, 2.24) is 16.1 Å². The number of halogens is 2. The van der Waals surface area contributed by atoms with E-state index in [1.165, 1.54) is 13.3 Å². The Morgan fingerprint density at radius 1 is 1.22 bits per heavy atom. The molecular weight excluding hydrogens is 511 g/mol. The molecule has 0 saturated heterocycles. The predicted molar refractivity (Wildman–Crippen MR) is 135 cm³/mol. The van der Waals surface area contributed by atoms with E-state index in [0.29, 0.717) is 45.0 Å². The lowest BCUT2D eigenvalue weighted by Crippen LogP contribution is -2.45. The molecule has 1 heterocycles. The molecule has 36 heavy (non-hydrogen) atoms. The largest absolute Gasteiger partial charge is 0.490 e. The maximum atomic E-state index is 12.3. The Morgan fingerprint density at radius 3 is 2.61 bits per heavy atom. The van der Waals surface area contributed by atoms with Crippen molar-refractivity contribution in [2.45, 2.75) is 26.1 Å². The lowest BCUT2D eigenvalue weighted by molar-refractivity contribution is -0.136. The van der Waals surface area contributed by atoms with E-state index in [1.807, 2.05) is 0 Å². The monoisotopic (exact) mass is 536 g/mol. The number of hydrogen-bond acceptors (Lipinski definition) is 8. The minimum atomic E-state index is -1.16. The van der Waals surface area contributed by atoms with Crippen LogP contribution < -0.4 is 25.5 Å². The number of methoxy groups -OCH3 is 1. The zero-order valence-corrected chi connectivity index (χ0v) is 21.3. The fraction of sp³-hybridized carbons (Fsp3) is 0.292. The van der Waals surface area contributed by atoms with Gasteiger partial charge in [-0.1, -0.05) is 35.3 Å². The van der Waals surface area contributed by atoms with Crippen molar-refractivity contribution in [3.63, 3.8) is 0 Å². The van der Waals surface area contributed by atoms with Crippen LogP contribution in [0.3, 0.4) is 0 Å². The van der Waals surface area contributed by atoms with Crippen molar-refractivity contribution in [3.8, 4) is 11.5 Å². The fourth-order valence-corrected chi connectivity index (χ4v) is 3.94. The summed E-state index contributed by atoms with van der Waals surface area (Å²) in [6.07, 6.45) is 0.243. The van der Waals surface area contributed by atoms with Gasteiger partial charge >= 0.3 is 12.0 Å². The summed E-state index contributed by atoms with van der Waals surface area (Å²) in [5.41, 5.74) is 4.29. The number of hydrogen-bond donors (Lipinski definition) is 4. The number of carbonyl (C=O) groups is 2. The zero-order valence-electron chi connectivity index (χ0n) is 19.8. The number of amides is 2. The van der Waals surface area contributed by atoms with Crippen molar-refractivity contribution in [2.75, 3.05) is 20.3 Å². The average Bonchev–Trinajstić information content (AvgIpc) is 2.84. The summed E-state index contributed by atoms with van der Waals surface area (Å²) in [5, 5.41) is 20.3. The van der Waals surface area contributed by atoms with E-state index in [4.69, 9.17) is 37.4 Å². The van der Waals surface area contributed by atoms with E-state index >= 15 is 0 Å². The van der Waals surface area contributed by atoms with Gasteiger partial charge in [0.1, 0.15) is 6.61 Å². The van der Waals surface area contributed by atoms with Gasteiger partial charge in [-0.2, -0.15) is 5.10 Å². The molecule has 0 bridgehead atoms. The van der Waals surface area contributed by atoms with E-state index in [1.54, 1.807) is 50.2 Å². The summed E-state index contributed by atoms with van der Waals surface area (Å²) in [6, 6.07) is 8.82. The number of urea groups is 1. The van der Waals surface area contributed by atoms with Crippen LogP contribution in [0.5, 0.6) is 11.5 Å². The molecule has 0 aliphatic carbocycles. The second-order valence-corrected chi connectivity index (χ2v) is 8.36. The quantitative estimate of drug-likeness (QED) is 0.158. The molecule has 0 aromatic heterocycles. The number of rotatable bonds is 10. The highest BCUT2D eigenvalue weighted by atomic mass is 35.5. The maximum absolute atomic E-state index is 12.3. The Kier molecular flexibility index (Phi) is 9.40. The van der Waals surface area contributed by atoms with Crippen LogP contribution in [0, 0.1) is 0 Å². The van der Waals surface area contributed by atoms with Gasteiger partial charge in [0.2, 0.25) is 0 Å². The molecule has 12 heteroatoms. The Bertz CT molecular complexity index is 1170. The molecule has 2 aromatic carbocycles. The summed E-state index contributed by atoms with van der Waals surface area (Å²) in [5.74, 6) is 0.138. The van der Waals surface area contributed by atoms with E-state index in [9.17, 15) is 14.7 Å². The minimum Gasteiger partial charge on any atom is -0.490 e. The van der Waals surface area contributed by atoms with E-state index in [2.05, 4.69) is 21.2 Å². The van der Waals surface area contributed by atoms with Crippen LogP contribution in [0.4, 0.5) is 4.79 Å². The highest BCUT2D eigenvalue weighted by molar-refractivity contribution is 6.38. The Labute approximate surface area is 218 Å². The molecule has 2 amide bonds. The number of allylic oxidation sites excluding steroid dienone is 1. The number of aliphatic hydroxyl groups is 1. The first-order valence-electron chi connectivity index (χ1n) is 10.9. The van der Waals surface area contributed by atoms with E-state index < -0.39 is 24.3 Å². The Morgan fingerprint density at radius 2 is 1.94 bits per heavy atom. The maximum Gasteiger partial charge on any atom is 0.337 e. The van der Waals surface area contributed by atoms with Gasteiger partial charge in [0.25, 0.3) is 0 Å². The highest BCUT2D eigenvalue weighted by Crippen LogP contribution is 2.35. The lowest BCUT2D eigenvalue weighted by atomic mass is 9.95. The van der Waals surface area contributed by atoms with Gasteiger partial charge in [0, 0.05) is 11.3 Å². The molecule has 4 N–H and O–H groups in total. The molecule has 2 aromatic rings. The van der Waals surface area contributed by atoms with Gasteiger partial charge in [0.05, 0.1) is 41.6 Å². The number of esters is 1. The third kappa shape index (κ3) is 6.60. The summed E-state index contributed by atoms with van der Waals surface area (Å²) in [6.45, 7) is 3.59. The molecule has 0 fully saturated rings. The molecule has 192 valence electrons. The zero-order chi connectivity index (χ0) is 26.2. The van der Waals surface area contributed by atoms with Crippen LogP contribution in [0.25, 0.3) is 0 Å². The van der Waals surface area contributed by atoms with Crippen LogP contribution in [-0.2, 0) is 9.53 Å². The van der Waals surface area contributed by atoms with Crippen LogP contribution in [0.1, 0.15) is 31.0 Å². The number of aliphatic hydroxyl groups excluding tert-OH is 1. The van der Waals surface area contributed by atoms with Gasteiger partial charge in [-0.15, -0.1) is 0 Å². The SMILES string of the molecule is CCOc1cc([C@H]2NC(=O)NC(C)=C2C(=O)OC)ccc1OC[C@@H](O)N/N=C/c1c(Cl)cccc1Cl. The van der Waals surface area contributed by atoms with Crippen LogP contribution in [-0.4, -0.2) is 49.9 Å². The Hall–Kier alpha value is -3.47. The van der Waals surface area contributed by atoms with Crippen molar-refractivity contribution in [2.24, 2.45) is 5.10 Å². The van der Waals surface area contributed by atoms with Gasteiger partial charge < -0.3 is 30.0 Å². The second-order valence-electron chi connectivity index (χ2n) is 7.55. The molecule has 0 unspecified atom stereocenters. The highest BCUT2D eigenvalue weighted by Gasteiger charge is 2.32. The number of ether oxygens (including phenoxy) is 3. The third-order valence-corrected chi connectivity index (χ3v) is 5.75. The van der Waals surface area contributed by atoms with Crippen LogP contribution in [0.2, 0.25) is 10.0 Å². The van der Waals surface area contributed by atoms with Crippen molar-refractivity contribution < 1.29 is 28.9 Å². The van der Waals surface area contributed by atoms with Crippen molar-refractivity contribution >= 4 is 41.4 Å². The molecule has 0 saturated carbocycles. The predicted octanol–water partition coefficient (Wildman–Crippen LogP) is 3.51. The molecule has 3 rings (SSSR count). The van der Waals surface area contributed by atoms with Crippen molar-refractivity contribution in [1.29, 1.82) is 0 Å². The van der Waals surface area contributed by atoms with Gasteiger partial charge in [0.15, 0.2) is 17.7 Å². The van der Waals surface area contributed by atoms with E-state index in [-0.39, 0.29) is 12.2 Å². The molecule has 0 radical (unpaired) electrons. The number of hydrazone groups is 1. The molecule has 10 nitrogen and oxygen atoms in total. The first-order chi connectivity index (χ1) is 17.2. The summed E-state index contributed by atoms with van der Waals surface area (Å²) in [4.78, 5) is 24.4. The molecular formula is C24H26Cl2N4O6. The molecule has 1 aliphatic rings. The first kappa shape index (κ1) is 27.1. The third-order valence-electron chi connectivity index (χ3n) is 5.09. The number of nitrogens with one attached hydrogen (secondary N) is 3. The first-order valence-corrected chi connectivity index (χ1v) is 11.7. The van der Waals surface area contributed by atoms with Crippen LogP contribution in [0.15, 0.2) is 52.8 Å². The molecule has 0 spiro atoms. The normalized spacial score (nSPS) is 16.3.